The van der Waals surface area contributed by atoms with E-state index < -0.39 is 6.10 Å². The molecule has 1 heterocycles. The van der Waals surface area contributed by atoms with Crippen molar-refractivity contribution in [3.05, 3.63) is 53.6 Å². The molecule has 0 radical (unpaired) electrons. The monoisotopic (exact) mass is 382 g/mol. The molecule has 1 aliphatic heterocycles. The Kier molecular flexibility index (Phi) is 5.75. The predicted molar refractivity (Wildman–Crippen MR) is 105 cm³/mol. The van der Waals surface area contributed by atoms with Crippen molar-refractivity contribution >= 4 is 29.0 Å². The third kappa shape index (κ3) is 4.37. The summed E-state index contributed by atoms with van der Waals surface area (Å²) in [6.45, 7) is 3.26. The smallest absolute Gasteiger partial charge is 0.264 e. The Morgan fingerprint density at radius 3 is 2.79 bits per heavy atom. The summed E-state index contributed by atoms with van der Waals surface area (Å²) in [5.74, 6) is -0.258. The van der Waals surface area contributed by atoms with Crippen molar-refractivity contribution in [1.29, 1.82) is 0 Å². The maximum absolute atomic E-state index is 12.6. The number of hydrogen-bond donors (Lipinski definition) is 1. The van der Waals surface area contributed by atoms with Crippen molar-refractivity contribution in [2.24, 2.45) is 0 Å². The molecule has 1 N–H and O–H groups in total. The van der Waals surface area contributed by atoms with Crippen LogP contribution in [0, 0.1) is 6.92 Å². The number of amides is 2. The summed E-state index contributed by atoms with van der Waals surface area (Å²) in [6, 6.07) is 12.3. The Balaban J connectivity index is 1.60. The Morgan fingerprint density at radius 2 is 2.04 bits per heavy atom. The van der Waals surface area contributed by atoms with E-state index in [1.807, 2.05) is 25.1 Å². The molecule has 146 valence electrons. The van der Waals surface area contributed by atoms with Gasteiger partial charge in [0.15, 0.2) is 12.4 Å². The zero-order chi connectivity index (χ0) is 20.3. The van der Waals surface area contributed by atoms with Crippen LogP contribution in [0.4, 0.5) is 11.4 Å². The van der Waals surface area contributed by atoms with Crippen molar-refractivity contribution in [1.82, 2.24) is 0 Å². The highest BCUT2D eigenvalue weighted by molar-refractivity contribution is 6.03. The minimum atomic E-state index is -0.813. The van der Waals surface area contributed by atoms with E-state index in [2.05, 4.69) is 5.32 Å². The number of likely N-dealkylation sites (N-methyl/N-ethyl adjacent to an activating group) is 1. The molecule has 0 aliphatic carbocycles. The first-order valence-electron chi connectivity index (χ1n) is 8.91. The van der Waals surface area contributed by atoms with Crippen LogP contribution in [0.15, 0.2) is 42.5 Å². The van der Waals surface area contributed by atoms with E-state index in [1.165, 1.54) is 4.90 Å². The number of hydrogen-bond acceptors (Lipinski definition) is 5. The fourth-order valence-corrected chi connectivity index (χ4v) is 2.86. The second kappa shape index (κ2) is 8.22. The van der Waals surface area contributed by atoms with Gasteiger partial charge in [0.25, 0.3) is 5.91 Å². The van der Waals surface area contributed by atoms with Crippen molar-refractivity contribution in [2.75, 3.05) is 30.5 Å². The van der Waals surface area contributed by atoms with Crippen molar-refractivity contribution in [2.45, 2.75) is 20.0 Å². The number of benzene rings is 2. The molecule has 7 heteroatoms. The van der Waals surface area contributed by atoms with Gasteiger partial charge in [0.1, 0.15) is 18.5 Å². The molecule has 1 unspecified atom stereocenters. The lowest BCUT2D eigenvalue weighted by Gasteiger charge is -2.26. The van der Waals surface area contributed by atoms with Gasteiger partial charge in [0.2, 0.25) is 5.91 Å². The van der Waals surface area contributed by atoms with Crippen molar-refractivity contribution in [3.8, 4) is 5.75 Å². The highest BCUT2D eigenvalue weighted by atomic mass is 16.5. The van der Waals surface area contributed by atoms with E-state index in [9.17, 15) is 14.4 Å². The Hall–Kier alpha value is -3.19. The van der Waals surface area contributed by atoms with Crippen LogP contribution in [0.5, 0.6) is 5.75 Å². The summed E-state index contributed by atoms with van der Waals surface area (Å²) in [4.78, 5) is 37.9. The van der Waals surface area contributed by atoms with Gasteiger partial charge in [-0.1, -0.05) is 12.1 Å². The number of ether oxygens (including phenoxy) is 2. The lowest BCUT2D eigenvalue weighted by atomic mass is 10.0. The highest BCUT2D eigenvalue weighted by Gasteiger charge is 2.25. The topological polar surface area (TPSA) is 84.9 Å². The lowest BCUT2D eigenvalue weighted by Crippen LogP contribution is -2.35. The normalized spacial score (nSPS) is 14.1. The van der Waals surface area contributed by atoms with Crippen LogP contribution in [-0.2, 0) is 14.3 Å². The van der Waals surface area contributed by atoms with Crippen LogP contribution in [0.25, 0.3) is 0 Å². The van der Waals surface area contributed by atoms with E-state index in [0.29, 0.717) is 22.7 Å². The van der Waals surface area contributed by atoms with E-state index in [4.69, 9.17) is 9.47 Å². The summed E-state index contributed by atoms with van der Waals surface area (Å²) in [6.07, 6.45) is -0.813. The molecule has 28 heavy (non-hydrogen) atoms. The summed E-state index contributed by atoms with van der Waals surface area (Å²) in [7, 11) is 1.63. The number of fused-ring (bicyclic) bond motifs is 1. The van der Waals surface area contributed by atoms with Crippen LogP contribution in [0.3, 0.4) is 0 Å². The molecule has 1 aliphatic rings. The van der Waals surface area contributed by atoms with Gasteiger partial charge < -0.3 is 19.7 Å². The summed E-state index contributed by atoms with van der Waals surface area (Å²) < 4.78 is 10.8. The fraction of sp³-hybridized carbons (Fsp3) is 0.286. The average molecular weight is 382 g/mol. The SMILES string of the molecule is Cc1cccc(NC(=O)COC(C)C(=O)c2ccc3c(c2)N(C)C(=O)CO3)c1. The number of Topliss-reactive ketones (excluding diaryl/α,β-unsaturated/α-hetero) is 1. The fourth-order valence-electron chi connectivity index (χ4n) is 2.86. The van der Waals surface area contributed by atoms with E-state index >= 15 is 0 Å². The van der Waals surface area contributed by atoms with Crippen molar-refractivity contribution < 1.29 is 23.9 Å². The lowest BCUT2D eigenvalue weighted by molar-refractivity contribution is -0.122. The van der Waals surface area contributed by atoms with E-state index in [-0.39, 0.29) is 30.8 Å². The molecule has 3 rings (SSSR count). The number of aryl methyl sites for hydroxylation is 1. The van der Waals surface area contributed by atoms with E-state index in [1.54, 1.807) is 38.2 Å². The van der Waals surface area contributed by atoms with Crippen LogP contribution in [0.1, 0.15) is 22.8 Å². The number of carbonyl (C=O) groups excluding carboxylic acids is 3. The molecule has 0 aromatic heterocycles. The predicted octanol–water partition coefficient (Wildman–Crippen LogP) is 2.58. The molecule has 7 nitrogen and oxygen atoms in total. The number of rotatable bonds is 6. The van der Waals surface area contributed by atoms with Gasteiger partial charge in [-0.2, -0.15) is 0 Å². The zero-order valence-corrected chi connectivity index (χ0v) is 16.0. The largest absolute Gasteiger partial charge is 0.482 e. The maximum Gasteiger partial charge on any atom is 0.264 e. The second-order valence-electron chi connectivity index (χ2n) is 6.66. The summed E-state index contributed by atoms with van der Waals surface area (Å²) in [5.41, 5.74) is 2.62. The van der Waals surface area contributed by atoms with Gasteiger partial charge in [0, 0.05) is 18.3 Å². The first-order valence-corrected chi connectivity index (χ1v) is 8.91. The molecular weight excluding hydrogens is 360 g/mol. The number of carbonyl (C=O) groups is 3. The minimum Gasteiger partial charge on any atom is -0.482 e. The highest BCUT2D eigenvalue weighted by Crippen LogP contribution is 2.32. The molecule has 2 amide bonds. The zero-order valence-electron chi connectivity index (χ0n) is 16.0. The van der Waals surface area contributed by atoms with E-state index in [0.717, 1.165) is 5.56 Å². The van der Waals surface area contributed by atoms with Crippen LogP contribution < -0.4 is 15.0 Å². The van der Waals surface area contributed by atoms with Crippen molar-refractivity contribution in [3.63, 3.8) is 0 Å². The average Bonchev–Trinajstić information content (AvgIpc) is 2.68. The molecule has 0 saturated carbocycles. The second-order valence-corrected chi connectivity index (χ2v) is 6.66. The number of nitrogens with one attached hydrogen (secondary N) is 1. The van der Waals surface area contributed by atoms with Gasteiger partial charge in [0.05, 0.1) is 5.69 Å². The maximum atomic E-state index is 12.6. The molecule has 2 aromatic carbocycles. The third-order valence-electron chi connectivity index (χ3n) is 4.47. The van der Waals surface area contributed by atoms with Gasteiger partial charge in [-0.3, -0.25) is 14.4 Å². The molecule has 2 aromatic rings. The van der Waals surface area contributed by atoms with Crippen LogP contribution in [0.2, 0.25) is 0 Å². The molecule has 1 atom stereocenters. The standard InChI is InChI=1S/C21H22N2O5/c1-13-5-4-6-16(9-13)22-19(24)11-27-14(2)21(26)15-7-8-18-17(10-15)23(3)20(25)12-28-18/h4-10,14H,11-12H2,1-3H3,(H,22,24). The molecule has 0 saturated heterocycles. The number of ketones is 1. The molecule has 0 spiro atoms. The Labute approximate surface area is 163 Å². The van der Waals surface area contributed by atoms with Gasteiger partial charge >= 0.3 is 0 Å². The molecule has 0 bridgehead atoms. The quantitative estimate of drug-likeness (QED) is 0.776. The number of anilines is 2. The minimum absolute atomic E-state index is 0.0215. The van der Waals surface area contributed by atoms with Crippen LogP contribution in [-0.4, -0.2) is 44.0 Å². The van der Waals surface area contributed by atoms with Gasteiger partial charge in [-0.15, -0.1) is 0 Å². The Morgan fingerprint density at radius 1 is 1.25 bits per heavy atom. The first-order chi connectivity index (χ1) is 13.3. The summed E-state index contributed by atoms with van der Waals surface area (Å²) in [5, 5.41) is 2.73. The third-order valence-corrected chi connectivity index (χ3v) is 4.47. The summed E-state index contributed by atoms with van der Waals surface area (Å²) >= 11 is 0. The molecular formula is C21H22N2O5. The number of nitrogens with zero attached hydrogens (tertiary/aromatic N) is 1. The molecule has 0 fully saturated rings. The van der Waals surface area contributed by atoms with Gasteiger partial charge in [-0.05, 0) is 49.7 Å². The first kappa shape index (κ1) is 19.6. The Bertz CT molecular complexity index is 925. The van der Waals surface area contributed by atoms with Crippen LogP contribution >= 0.6 is 0 Å². The van der Waals surface area contributed by atoms with Gasteiger partial charge in [-0.25, -0.2) is 0 Å².